The molecule has 0 atom stereocenters. The summed E-state index contributed by atoms with van der Waals surface area (Å²) >= 11 is 6.40. The van der Waals surface area contributed by atoms with E-state index in [0.29, 0.717) is 5.02 Å². The Kier molecular flexibility index (Phi) is 3.79. The number of carbonyl (C=O) groups is 1. The van der Waals surface area contributed by atoms with Gasteiger partial charge in [-0.25, -0.2) is 0 Å². The van der Waals surface area contributed by atoms with Crippen molar-refractivity contribution in [2.24, 2.45) is 0 Å². The topological polar surface area (TPSA) is 54.3 Å². The first-order chi connectivity index (χ1) is 10.1. The van der Waals surface area contributed by atoms with Crippen molar-refractivity contribution in [3.05, 3.63) is 35.9 Å². The van der Waals surface area contributed by atoms with E-state index < -0.39 is 0 Å². The molecule has 110 valence electrons. The molecule has 0 unspecified atom stereocenters. The number of anilines is 1. The van der Waals surface area contributed by atoms with Crippen LogP contribution in [0.4, 0.5) is 5.69 Å². The molecule has 1 amide bonds. The van der Waals surface area contributed by atoms with Gasteiger partial charge < -0.3 is 9.80 Å². The zero-order chi connectivity index (χ0) is 14.8. The number of carbonyl (C=O) groups excluding carboxylic acids is 1. The van der Waals surface area contributed by atoms with Crippen molar-refractivity contribution in [1.82, 2.24) is 19.7 Å². The molecule has 0 N–H and O–H groups in total. The normalized spacial score (nSPS) is 15.3. The zero-order valence-electron chi connectivity index (χ0n) is 11.7. The molecule has 0 spiro atoms. The second-order valence-corrected chi connectivity index (χ2v) is 5.41. The molecule has 1 aromatic carbocycles. The number of nitrogens with zero attached hydrogens (tertiary/aromatic N) is 5. The van der Waals surface area contributed by atoms with Crippen molar-refractivity contribution in [2.75, 3.05) is 31.1 Å². The van der Waals surface area contributed by atoms with Crippen LogP contribution < -0.4 is 4.90 Å². The fraction of sp³-hybridized carbons (Fsp3) is 0.357. The van der Waals surface area contributed by atoms with Gasteiger partial charge in [-0.15, -0.1) is 10.2 Å². The molecule has 21 heavy (non-hydrogen) atoms. The van der Waals surface area contributed by atoms with Gasteiger partial charge >= 0.3 is 0 Å². The summed E-state index contributed by atoms with van der Waals surface area (Å²) in [6.45, 7) is 4.67. The minimum absolute atomic E-state index is 0.128. The number of piperazine rings is 1. The first-order valence-electron chi connectivity index (χ1n) is 6.80. The molecule has 2 heterocycles. The third kappa shape index (κ3) is 2.85. The monoisotopic (exact) mass is 305 g/mol. The highest BCUT2D eigenvalue weighted by Crippen LogP contribution is 2.29. The van der Waals surface area contributed by atoms with Gasteiger partial charge in [0.05, 0.1) is 10.7 Å². The van der Waals surface area contributed by atoms with Crippen molar-refractivity contribution in [3.63, 3.8) is 0 Å². The van der Waals surface area contributed by atoms with Crippen LogP contribution >= 0.6 is 11.6 Å². The molecule has 7 heteroatoms. The average Bonchev–Trinajstić information content (AvgIpc) is 3.01. The number of hydrogen-bond donors (Lipinski definition) is 0. The summed E-state index contributed by atoms with van der Waals surface area (Å²) in [6.07, 6.45) is 3.27. The molecule has 0 aliphatic carbocycles. The molecule has 6 nitrogen and oxygen atoms in total. The van der Waals surface area contributed by atoms with Crippen LogP contribution in [0.5, 0.6) is 0 Å². The van der Waals surface area contributed by atoms with Gasteiger partial charge in [-0.1, -0.05) is 11.6 Å². The van der Waals surface area contributed by atoms with Crippen LogP contribution in [0.3, 0.4) is 0 Å². The van der Waals surface area contributed by atoms with Crippen LogP contribution in [0.2, 0.25) is 5.02 Å². The number of rotatable bonds is 2. The van der Waals surface area contributed by atoms with Crippen LogP contribution in [-0.4, -0.2) is 51.8 Å². The molecular weight excluding hydrogens is 290 g/mol. The molecule has 1 aromatic heterocycles. The Balaban J connectivity index is 1.76. The van der Waals surface area contributed by atoms with Crippen LogP contribution in [0, 0.1) is 0 Å². The number of amides is 1. The van der Waals surface area contributed by atoms with Gasteiger partial charge in [-0.05, 0) is 18.2 Å². The lowest BCUT2D eigenvalue weighted by Gasteiger charge is -2.36. The molecular formula is C14H16ClN5O. The molecule has 1 aliphatic rings. The summed E-state index contributed by atoms with van der Waals surface area (Å²) in [5, 5.41) is 8.27. The number of benzene rings is 1. The Morgan fingerprint density at radius 3 is 2.38 bits per heavy atom. The molecule has 2 aromatic rings. The third-order valence-electron chi connectivity index (χ3n) is 3.71. The molecule has 3 rings (SSSR count). The van der Waals surface area contributed by atoms with Crippen molar-refractivity contribution < 1.29 is 4.79 Å². The molecule has 1 saturated heterocycles. The SMILES string of the molecule is CC(=O)N1CCN(c2ccc(-n3cnnc3)cc2Cl)CC1. The highest BCUT2D eigenvalue weighted by Gasteiger charge is 2.20. The van der Waals surface area contributed by atoms with Crippen LogP contribution in [0.15, 0.2) is 30.9 Å². The Labute approximate surface area is 127 Å². The van der Waals surface area contributed by atoms with Crippen molar-refractivity contribution in [2.45, 2.75) is 6.92 Å². The maximum atomic E-state index is 11.4. The second kappa shape index (κ2) is 5.73. The summed E-state index contributed by atoms with van der Waals surface area (Å²) < 4.78 is 1.81. The summed E-state index contributed by atoms with van der Waals surface area (Å²) in [5.41, 5.74) is 1.92. The van der Waals surface area contributed by atoms with E-state index >= 15 is 0 Å². The summed E-state index contributed by atoms with van der Waals surface area (Å²) in [6, 6.07) is 5.89. The lowest BCUT2D eigenvalue weighted by atomic mass is 10.2. The minimum atomic E-state index is 0.128. The minimum Gasteiger partial charge on any atom is -0.367 e. The Bertz CT molecular complexity index is 635. The highest BCUT2D eigenvalue weighted by molar-refractivity contribution is 6.33. The molecule has 0 bridgehead atoms. The Morgan fingerprint density at radius 2 is 1.81 bits per heavy atom. The number of aromatic nitrogens is 3. The van der Waals surface area contributed by atoms with E-state index in [4.69, 9.17) is 11.6 Å². The average molecular weight is 306 g/mol. The predicted octanol–water partition coefficient (Wildman–Crippen LogP) is 1.59. The van der Waals surface area contributed by atoms with E-state index in [1.807, 2.05) is 27.7 Å². The second-order valence-electron chi connectivity index (χ2n) is 5.00. The third-order valence-corrected chi connectivity index (χ3v) is 4.02. The maximum absolute atomic E-state index is 11.4. The van der Waals surface area contributed by atoms with Crippen molar-refractivity contribution in [3.8, 4) is 5.69 Å². The van der Waals surface area contributed by atoms with Gasteiger partial charge in [0.1, 0.15) is 12.7 Å². The zero-order valence-corrected chi connectivity index (χ0v) is 12.5. The molecule has 0 saturated carbocycles. The molecule has 1 aliphatic heterocycles. The van der Waals surface area contributed by atoms with Crippen molar-refractivity contribution in [1.29, 1.82) is 0 Å². The predicted molar refractivity (Wildman–Crippen MR) is 80.8 cm³/mol. The smallest absolute Gasteiger partial charge is 0.219 e. The van der Waals surface area contributed by atoms with Gasteiger partial charge in [0.2, 0.25) is 5.91 Å². The summed E-state index contributed by atoms with van der Waals surface area (Å²) in [5.74, 6) is 0.128. The quantitative estimate of drug-likeness (QED) is 0.845. The fourth-order valence-corrected chi connectivity index (χ4v) is 2.80. The van der Waals surface area contributed by atoms with Gasteiger partial charge in [0.25, 0.3) is 0 Å². The van der Waals surface area contributed by atoms with Crippen LogP contribution in [0.25, 0.3) is 5.69 Å². The van der Waals surface area contributed by atoms with Gasteiger partial charge in [0.15, 0.2) is 0 Å². The van der Waals surface area contributed by atoms with E-state index in [0.717, 1.165) is 37.6 Å². The molecule has 0 radical (unpaired) electrons. The first-order valence-corrected chi connectivity index (χ1v) is 7.18. The van der Waals surface area contributed by atoms with Crippen LogP contribution in [-0.2, 0) is 4.79 Å². The Hall–Kier alpha value is -2.08. The van der Waals surface area contributed by atoms with Crippen molar-refractivity contribution >= 4 is 23.2 Å². The highest BCUT2D eigenvalue weighted by atomic mass is 35.5. The lowest BCUT2D eigenvalue weighted by Crippen LogP contribution is -2.48. The number of halogens is 1. The van der Waals surface area contributed by atoms with Gasteiger partial charge in [-0.3, -0.25) is 9.36 Å². The molecule has 1 fully saturated rings. The summed E-state index contributed by atoms with van der Waals surface area (Å²) in [4.78, 5) is 15.4. The van der Waals surface area contributed by atoms with E-state index in [1.165, 1.54) is 0 Å². The lowest BCUT2D eigenvalue weighted by molar-refractivity contribution is -0.129. The fourth-order valence-electron chi connectivity index (χ4n) is 2.51. The summed E-state index contributed by atoms with van der Waals surface area (Å²) in [7, 11) is 0. The van der Waals surface area contributed by atoms with E-state index in [2.05, 4.69) is 15.1 Å². The first kappa shape index (κ1) is 13.9. The maximum Gasteiger partial charge on any atom is 0.219 e. The standard InChI is InChI=1S/C14H16ClN5O/c1-11(21)18-4-6-19(7-5-18)14-3-2-12(8-13(14)15)20-9-16-17-10-20/h2-3,8-10H,4-7H2,1H3. The Morgan fingerprint density at radius 1 is 1.14 bits per heavy atom. The van der Waals surface area contributed by atoms with E-state index in [-0.39, 0.29) is 5.91 Å². The van der Waals surface area contributed by atoms with Crippen LogP contribution in [0.1, 0.15) is 6.92 Å². The largest absolute Gasteiger partial charge is 0.367 e. The van der Waals surface area contributed by atoms with Gasteiger partial charge in [0, 0.05) is 38.8 Å². The van der Waals surface area contributed by atoms with E-state index in [1.54, 1.807) is 19.6 Å². The number of hydrogen-bond acceptors (Lipinski definition) is 4. The van der Waals surface area contributed by atoms with E-state index in [9.17, 15) is 4.79 Å². The van der Waals surface area contributed by atoms with Gasteiger partial charge in [-0.2, -0.15) is 0 Å².